The van der Waals surface area contributed by atoms with E-state index in [0.29, 0.717) is 46.8 Å². The number of nitrogens with zero attached hydrogens (tertiary/aromatic N) is 3. The van der Waals surface area contributed by atoms with Crippen molar-refractivity contribution in [3.63, 3.8) is 0 Å². The maximum absolute atomic E-state index is 12.8. The maximum Gasteiger partial charge on any atom is 0.255 e. The van der Waals surface area contributed by atoms with Crippen LogP contribution in [0.5, 0.6) is 0 Å². The van der Waals surface area contributed by atoms with Gasteiger partial charge in [0.05, 0.1) is 22.8 Å². The number of Topliss-reactive ketones (excluding diaryl/α,β-unsaturated/α-hetero) is 1. The molecule has 1 amide bonds. The summed E-state index contributed by atoms with van der Waals surface area (Å²) in [4.78, 5) is 31.7. The zero-order valence-electron chi connectivity index (χ0n) is 17.0. The molecule has 1 saturated heterocycles. The van der Waals surface area contributed by atoms with Gasteiger partial charge in [-0.15, -0.1) is 0 Å². The Morgan fingerprint density at radius 1 is 1.34 bits per heavy atom. The number of nitrogens with one attached hydrogen (secondary N) is 1. The summed E-state index contributed by atoms with van der Waals surface area (Å²) in [5, 5.41) is 3.36. The first-order valence-electron chi connectivity index (χ1n) is 10.2. The molecule has 2 aromatic heterocycles. The summed E-state index contributed by atoms with van der Waals surface area (Å²) in [7, 11) is 0. The number of rotatable bonds is 6. The monoisotopic (exact) mass is 417 g/mol. The van der Waals surface area contributed by atoms with Gasteiger partial charge in [0, 0.05) is 18.2 Å². The van der Waals surface area contributed by atoms with Gasteiger partial charge in [0.2, 0.25) is 0 Å². The second kappa shape index (κ2) is 7.61. The summed E-state index contributed by atoms with van der Waals surface area (Å²) < 4.78 is 1.66. The zero-order valence-corrected chi connectivity index (χ0v) is 17.8. The first-order chi connectivity index (χ1) is 13.8. The molecule has 1 aliphatic carbocycles. The van der Waals surface area contributed by atoms with Crippen molar-refractivity contribution >= 4 is 34.8 Å². The molecular formula is C21H28ClN5O2. The summed E-state index contributed by atoms with van der Waals surface area (Å²) in [5.74, 6) is 0.967. The number of imidazole rings is 1. The van der Waals surface area contributed by atoms with Crippen LogP contribution >= 0.6 is 11.6 Å². The van der Waals surface area contributed by atoms with E-state index in [1.807, 2.05) is 6.92 Å². The summed E-state index contributed by atoms with van der Waals surface area (Å²) in [6, 6.07) is 1.58. The summed E-state index contributed by atoms with van der Waals surface area (Å²) >= 11 is 6.20. The highest BCUT2D eigenvalue weighted by molar-refractivity contribution is 6.33. The molecular weight excluding hydrogens is 390 g/mol. The van der Waals surface area contributed by atoms with Gasteiger partial charge in [0.25, 0.3) is 5.91 Å². The lowest BCUT2D eigenvalue weighted by Gasteiger charge is -2.32. The van der Waals surface area contributed by atoms with Crippen LogP contribution in [0.25, 0.3) is 5.65 Å². The fourth-order valence-electron chi connectivity index (χ4n) is 3.96. The molecule has 1 aliphatic heterocycles. The number of hydrogen-bond donors (Lipinski definition) is 2. The van der Waals surface area contributed by atoms with Crippen LogP contribution < -0.4 is 11.1 Å². The standard InChI is InChI=1S/C21H28ClN5O2/c1-13-11-27-18(23)16(22)9-15(19(27)25-13)20(29)24-10-14-3-7-26(8-4-14)12-17(28)21(2)5-6-21/h9,11,14H,3-8,10,12,23H2,1-2H3,(H,24,29). The Labute approximate surface area is 175 Å². The third-order valence-electron chi connectivity index (χ3n) is 6.39. The molecule has 4 rings (SSSR count). The molecule has 0 atom stereocenters. The molecule has 1 saturated carbocycles. The number of pyridine rings is 1. The van der Waals surface area contributed by atoms with Gasteiger partial charge in [0.15, 0.2) is 11.4 Å². The van der Waals surface area contributed by atoms with Crippen molar-refractivity contribution in [3.8, 4) is 0 Å². The molecule has 0 radical (unpaired) electrons. The number of carbonyl (C=O) groups excluding carboxylic acids is 2. The first kappa shape index (κ1) is 20.2. The van der Waals surface area contributed by atoms with E-state index >= 15 is 0 Å². The third kappa shape index (κ3) is 4.12. The maximum atomic E-state index is 12.8. The van der Waals surface area contributed by atoms with Crippen molar-refractivity contribution in [3.05, 3.63) is 28.5 Å². The van der Waals surface area contributed by atoms with Gasteiger partial charge in [-0.1, -0.05) is 18.5 Å². The minimum Gasteiger partial charge on any atom is -0.384 e. The molecule has 3 N–H and O–H groups in total. The van der Waals surface area contributed by atoms with E-state index in [-0.39, 0.29) is 11.3 Å². The second-order valence-corrected chi connectivity index (χ2v) is 9.19. The molecule has 2 aliphatic rings. The van der Waals surface area contributed by atoms with E-state index in [0.717, 1.165) is 44.5 Å². The molecule has 2 fully saturated rings. The van der Waals surface area contributed by atoms with Gasteiger partial charge >= 0.3 is 0 Å². The Morgan fingerprint density at radius 3 is 2.69 bits per heavy atom. The first-order valence-corrected chi connectivity index (χ1v) is 10.6. The topological polar surface area (TPSA) is 92.7 Å². The number of nitrogen functional groups attached to an aromatic ring is 1. The Balaban J connectivity index is 1.32. The van der Waals surface area contributed by atoms with Gasteiger partial charge in [-0.2, -0.15) is 0 Å². The van der Waals surface area contributed by atoms with Crippen molar-refractivity contribution in [2.75, 3.05) is 31.9 Å². The zero-order chi connectivity index (χ0) is 20.8. The smallest absolute Gasteiger partial charge is 0.255 e. The van der Waals surface area contributed by atoms with Crippen LogP contribution in [0.3, 0.4) is 0 Å². The van der Waals surface area contributed by atoms with Crippen molar-refractivity contribution in [1.29, 1.82) is 0 Å². The van der Waals surface area contributed by atoms with Crippen molar-refractivity contribution in [1.82, 2.24) is 19.6 Å². The van der Waals surface area contributed by atoms with Crippen molar-refractivity contribution in [2.45, 2.75) is 39.5 Å². The lowest BCUT2D eigenvalue weighted by atomic mass is 9.95. The number of piperidine rings is 1. The van der Waals surface area contributed by atoms with Gasteiger partial charge in [0.1, 0.15) is 5.82 Å². The third-order valence-corrected chi connectivity index (χ3v) is 6.69. The normalized spacial score (nSPS) is 19.4. The lowest BCUT2D eigenvalue weighted by Crippen LogP contribution is -2.41. The highest BCUT2D eigenvalue weighted by atomic mass is 35.5. The van der Waals surface area contributed by atoms with Crippen LogP contribution in [0.1, 0.15) is 48.7 Å². The molecule has 2 aromatic rings. The predicted octanol–water partition coefficient (Wildman–Crippen LogP) is 2.69. The number of halogens is 1. The van der Waals surface area contributed by atoms with Gasteiger partial charge < -0.3 is 11.1 Å². The summed E-state index contributed by atoms with van der Waals surface area (Å²) in [6.45, 7) is 6.89. The fraction of sp³-hybridized carbons (Fsp3) is 0.571. The highest BCUT2D eigenvalue weighted by Gasteiger charge is 2.44. The van der Waals surface area contributed by atoms with E-state index in [1.54, 1.807) is 16.7 Å². The molecule has 0 aromatic carbocycles. The number of hydrogen-bond acceptors (Lipinski definition) is 5. The lowest BCUT2D eigenvalue weighted by molar-refractivity contribution is -0.125. The quantitative estimate of drug-likeness (QED) is 0.753. The number of aromatic nitrogens is 2. The van der Waals surface area contributed by atoms with Crippen LogP contribution in [-0.2, 0) is 4.79 Å². The number of aryl methyl sites for hydroxylation is 1. The Bertz CT molecular complexity index is 958. The Kier molecular flexibility index (Phi) is 5.29. The molecule has 3 heterocycles. The van der Waals surface area contributed by atoms with E-state index < -0.39 is 0 Å². The molecule has 29 heavy (non-hydrogen) atoms. The van der Waals surface area contributed by atoms with Crippen LogP contribution in [-0.4, -0.2) is 52.2 Å². The molecule has 8 heteroatoms. The van der Waals surface area contributed by atoms with Gasteiger partial charge in [-0.05, 0) is 57.7 Å². The second-order valence-electron chi connectivity index (χ2n) is 8.78. The number of anilines is 1. The minimum atomic E-state index is -0.193. The average molecular weight is 418 g/mol. The Morgan fingerprint density at radius 2 is 2.03 bits per heavy atom. The average Bonchev–Trinajstić information content (AvgIpc) is 3.33. The molecule has 156 valence electrons. The summed E-state index contributed by atoms with van der Waals surface area (Å²) in [6.07, 6.45) is 5.79. The number of fused-ring (bicyclic) bond motifs is 1. The number of carbonyl (C=O) groups is 2. The van der Waals surface area contributed by atoms with Crippen LogP contribution in [0.2, 0.25) is 5.02 Å². The van der Waals surface area contributed by atoms with E-state index in [9.17, 15) is 9.59 Å². The van der Waals surface area contributed by atoms with E-state index in [2.05, 4.69) is 22.1 Å². The van der Waals surface area contributed by atoms with Crippen LogP contribution in [0.4, 0.5) is 5.82 Å². The van der Waals surface area contributed by atoms with Crippen molar-refractivity contribution < 1.29 is 9.59 Å². The molecule has 0 spiro atoms. The SMILES string of the molecule is Cc1cn2c(N)c(Cl)cc(C(=O)NCC3CCN(CC(=O)C4(C)CC4)CC3)c2n1. The fourth-order valence-corrected chi connectivity index (χ4v) is 4.16. The molecule has 0 unspecified atom stereocenters. The van der Waals surface area contributed by atoms with Crippen molar-refractivity contribution in [2.24, 2.45) is 11.3 Å². The van der Waals surface area contributed by atoms with Gasteiger partial charge in [-0.3, -0.25) is 18.9 Å². The number of nitrogens with two attached hydrogens (primary N) is 1. The molecule has 7 nitrogen and oxygen atoms in total. The van der Waals surface area contributed by atoms with Crippen LogP contribution in [0.15, 0.2) is 12.3 Å². The number of likely N-dealkylation sites (tertiary alicyclic amines) is 1. The van der Waals surface area contributed by atoms with Crippen LogP contribution in [0, 0.1) is 18.3 Å². The van der Waals surface area contributed by atoms with Gasteiger partial charge in [-0.25, -0.2) is 4.98 Å². The minimum absolute atomic E-state index is 0.0539. The summed E-state index contributed by atoms with van der Waals surface area (Å²) in [5.41, 5.74) is 7.67. The Hall–Kier alpha value is -2.12. The predicted molar refractivity (Wildman–Crippen MR) is 113 cm³/mol. The largest absolute Gasteiger partial charge is 0.384 e. The highest BCUT2D eigenvalue weighted by Crippen LogP contribution is 2.45. The van der Waals surface area contributed by atoms with E-state index in [1.165, 1.54) is 0 Å². The number of ketones is 1. The number of amides is 1. The van der Waals surface area contributed by atoms with E-state index in [4.69, 9.17) is 17.3 Å². The molecule has 0 bridgehead atoms.